The minimum Gasteiger partial charge on any atom is -0.350 e. The number of halogens is 1. The highest BCUT2D eigenvalue weighted by Gasteiger charge is 2.14. The van der Waals surface area contributed by atoms with Crippen LogP contribution in [0.25, 0.3) is 5.69 Å². The molecule has 2 heterocycles. The standard InChI is InChI=1S/C17H16FN3OS3/c18-13-1-3-14(4-2-13)21-15(9-20-17(21)23)16(22)19-6-8-25-11-12-5-7-24-10-12/h1-5,7,9-10H,6,8,11H2,(H,19,22)(H,20,23). The number of nitrogens with zero attached hydrogens (tertiary/aromatic N) is 1. The molecule has 0 radical (unpaired) electrons. The first-order chi connectivity index (χ1) is 12.1. The number of hydrogen-bond acceptors (Lipinski definition) is 4. The number of amides is 1. The molecule has 25 heavy (non-hydrogen) atoms. The Balaban J connectivity index is 1.59. The van der Waals surface area contributed by atoms with Crippen molar-refractivity contribution >= 4 is 41.2 Å². The Morgan fingerprint density at radius 3 is 2.84 bits per heavy atom. The van der Waals surface area contributed by atoms with Gasteiger partial charge in [-0.3, -0.25) is 9.36 Å². The lowest BCUT2D eigenvalue weighted by Crippen LogP contribution is -2.27. The Morgan fingerprint density at radius 2 is 2.12 bits per heavy atom. The van der Waals surface area contributed by atoms with E-state index in [1.807, 2.05) is 0 Å². The van der Waals surface area contributed by atoms with Crippen LogP contribution in [0.2, 0.25) is 0 Å². The Labute approximate surface area is 158 Å². The Morgan fingerprint density at radius 1 is 1.32 bits per heavy atom. The molecule has 0 saturated carbocycles. The van der Waals surface area contributed by atoms with Gasteiger partial charge in [0.2, 0.25) is 0 Å². The molecule has 2 N–H and O–H groups in total. The molecule has 3 aromatic rings. The van der Waals surface area contributed by atoms with Gasteiger partial charge in [-0.1, -0.05) is 0 Å². The number of nitrogens with one attached hydrogen (secondary N) is 2. The fraction of sp³-hybridized carbons (Fsp3) is 0.176. The average molecular weight is 394 g/mol. The van der Waals surface area contributed by atoms with Crippen LogP contribution in [0.15, 0.2) is 47.3 Å². The number of rotatable bonds is 7. The molecule has 0 aliphatic heterocycles. The third-order valence-corrected chi connectivity index (χ3v) is 5.54. The number of benzene rings is 1. The van der Waals surface area contributed by atoms with E-state index < -0.39 is 0 Å². The molecule has 0 spiro atoms. The van der Waals surface area contributed by atoms with Crippen LogP contribution in [0, 0.1) is 10.6 Å². The number of H-pyrrole nitrogens is 1. The molecule has 0 aliphatic carbocycles. The van der Waals surface area contributed by atoms with E-state index in [0.29, 0.717) is 22.7 Å². The summed E-state index contributed by atoms with van der Waals surface area (Å²) in [5.41, 5.74) is 2.35. The van der Waals surface area contributed by atoms with Crippen LogP contribution in [0.5, 0.6) is 0 Å². The lowest BCUT2D eigenvalue weighted by atomic mass is 10.3. The van der Waals surface area contributed by atoms with E-state index in [-0.39, 0.29) is 11.7 Å². The summed E-state index contributed by atoms with van der Waals surface area (Å²) in [5, 5.41) is 7.08. The zero-order valence-corrected chi connectivity index (χ0v) is 15.6. The van der Waals surface area contributed by atoms with Crippen molar-refractivity contribution in [2.24, 2.45) is 0 Å². The highest BCUT2D eigenvalue weighted by Crippen LogP contribution is 2.15. The second-order valence-electron chi connectivity index (χ2n) is 5.23. The fourth-order valence-corrected chi connectivity index (χ4v) is 4.12. The van der Waals surface area contributed by atoms with Gasteiger partial charge >= 0.3 is 0 Å². The van der Waals surface area contributed by atoms with Crippen LogP contribution in [0.4, 0.5) is 4.39 Å². The number of aromatic nitrogens is 2. The van der Waals surface area contributed by atoms with Crippen molar-refractivity contribution in [2.75, 3.05) is 12.3 Å². The van der Waals surface area contributed by atoms with E-state index in [0.717, 1.165) is 11.5 Å². The summed E-state index contributed by atoms with van der Waals surface area (Å²) in [7, 11) is 0. The van der Waals surface area contributed by atoms with Crippen LogP contribution in [-0.4, -0.2) is 27.8 Å². The number of hydrogen-bond donors (Lipinski definition) is 2. The van der Waals surface area contributed by atoms with Gasteiger partial charge in [0.15, 0.2) is 4.77 Å². The smallest absolute Gasteiger partial charge is 0.269 e. The quantitative estimate of drug-likeness (QED) is 0.462. The van der Waals surface area contributed by atoms with Gasteiger partial charge in [0.1, 0.15) is 11.5 Å². The molecule has 0 bridgehead atoms. The molecule has 0 aliphatic rings. The van der Waals surface area contributed by atoms with Crippen molar-refractivity contribution < 1.29 is 9.18 Å². The second kappa shape index (κ2) is 8.46. The number of carbonyl (C=O) groups is 1. The van der Waals surface area contributed by atoms with Crippen molar-refractivity contribution in [1.29, 1.82) is 0 Å². The lowest BCUT2D eigenvalue weighted by molar-refractivity contribution is 0.0949. The first-order valence-electron chi connectivity index (χ1n) is 7.58. The second-order valence-corrected chi connectivity index (χ2v) is 7.50. The van der Waals surface area contributed by atoms with Crippen LogP contribution in [-0.2, 0) is 5.75 Å². The Hall–Kier alpha value is -1.90. The maximum atomic E-state index is 13.1. The molecule has 4 nitrogen and oxygen atoms in total. The van der Waals surface area contributed by atoms with Gasteiger partial charge in [-0.25, -0.2) is 4.39 Å². The van der Waals surface area contributed by atoms with Gasteiger partial charge in [0.25, 0.3) is 5.91 Å². The van der Waals surface area contributed by atoms with Crippen molar-refractivity contribution in [3.63, 3.8) is 0 Å². The maximum Gasteiger partial charge on any atom is 0.269 e. The van der Waals surface area contributed by atoms with E-state index in [1.165, 1.54) is 17.7 Å². The molecule has 1 amide bonds. The molecule has 3 rings (SSSR count). The van der Waals surface area contributed by atoms with Gasteiger partial charge < -0.3 is 10.3 Å². The summed E-state index contributed by atoms with van der Waals surface area (Å²) in [6.45, 7) is 0.564. The molecule has 0 saturated heterocycles. The summed E-state index contributed by atoms with van der Waals surface area (Å²) in [6, 6.07) is 7.96. The van der Waals surface area contributed by atoms with Gasteiger partial charge in [-0.05, 0) is 58.9 Å². The van der Waals surface area contributed by atoms with E-state index in [4.69, 9.17) is 12.2 Å². The number of thiophene rings is 1. The monoisotopic (exact) mass is 393 g/mol. The highest BCUT2D eigenvalue weighted by atomic mass is 32.2. The third kappa shape index (κ3) is 4.59. The summed E-state index contributed by atoms with van der Waals surface area (Å²) in [4.78, 5) is 15.3. The largest absolute Gasteiger partial charge is 0.350 e. The van der Waals surface area contributed by atoms with Gasteiger partial charge in [0.05, 0.1) is 0 Å². The van der Waals surface area contributed by atoms with E-state index in [2.05, 4.69) is 27.1 Å². The maximum absolute atomic E-state index is 13.1. The third-order valence-electron chi connectivity index (χ3n) is 3.47. The van der Waals surface area contributed by atoms with E-state index in [1.54, 1.807) is 46.0 Å². The Kier molecular flexibility index (Phi) is 6.06. The molecular weight excluding hydrogens is 377 g/mol. The van der Waals surface area contributed by atoms with Gasteiger partial charge in [-0.2, -0.15) is 23.1 Å². The van der Waals surface area contributed by atoms with Gasteiger partial charge in [0, 0.05) is 29.9 Å². The topological polar surface area (TPSA) is 49.8 Å². The number of carbonyl (C=O) groups excluding carboxylic acids is 1. The van der Waals surface area contributed by atoms with Crippen molar-refractivity contribution in [3.05, 3.63) is 69.1 Å². The number of imidazole rings is 1. The number of aromatic amines is 1. The van der Waals surface area contributed by atoms with Crippen molar-refractivity contribution in [3.8, 4) is 5.69 Å². The summed E-state index contributed by atoms with van der Waals surface area (Å²) in [6.07, 6.45) is 1.57. The molecule has 0 atom stereocenters. The molecule has 0 fully saturated rings. The zero-order chi connectivity index (χ0) is 17.6. The fourth-order valence-electron chi connectivity index (χ4n) is 2.27. The molecule has 8 heteroatoms. The number of thioether (sulfide) groups is 1. The van der Waals surface area contributed by atoms with Crippen molar-refractivity contribution in [2.45, 2.75) is 5.75 Å². The Bertz CT molecular complexity index is 885. The van der Waals surface area contributed by atoms with E-state index >= 15 is 0 Å². The SMILES string of the molecule is O=C(NCCSCc1ccsc1)c1c[nH]c(=S)n1-c1ccc(F)cc1. The average Bonchev–Trinajstić information content (AvgIpc) is 3.25. The van der Waals surface area contributed by atoms with Crippen LogP contribution in [0.1, 0.15) is 16.1 Å². The lowest BCUT2D eigenvalue weighted by Gasteiger charge is -2.09. The summed E-state index contributed by atoms with van der Waals surface area (Å²) >= 11 is 8.69. The van der Waals surface area contributed by atoms with E-state index in [9.17, 15) is 9.18 Å². The first-order valence-corrected chi connectivity index (χ1v) is 10.1. The normalized spacial score (nSPS) is 10.8. The summed E-state index contributed by atoms with van der Waals surface area (Å²) in [5.74, 6) is 1.21. The molecule has 2 aromatic heterocycles. The van der Waals surface area contributed by atoms with Crippen LogP contribution in [0.3, 0.4) is 0 Å². The minimum atomic E-state index is -0.334. The molecule has 1 aromatic carbocycles. The zero-order valence-electron chi connectivity index (χ0n) is 13.2. The first kappa shape index (κ1) is 17.9. The molecule has 0 unspecified atom stereocenters. The van der Waals surface area contributed by atoms with Crippen LogP contribution >= 0.6 is 35.3 Å². The molecule has 130 valence electrons. The highest BCUT2D eigenvalue weighted by molar-refractivity contribution is 7.98. The summed E-state index contributed by atoms with van der Waals surface area (Å²) < 4.78 is 15.1. The van der Waals surface area contributed by atoms with Gasteiger partial charge in [-0.15, -0.1) is 0 Å². The predicted octanol–water partition coefficient (Wildman–Crippen LogP) is 4.40. The van der Waals surface area contributed by atoms with Crippen molar-refractivity contribution in [1.82, 2.24) is 14.9 Å². The molecular formula is C17H16FN3OS3. The minimum absolute atomic E-state index is 0.215. The van der Waals surface area contributed by atoms with Crippen LogP contribution < -0.4 is 5.32 Å². The predicted molar refractivity (Wildman–Crippen MR) is 104 cm³/mol.